The van der Waals surface area contributed by atoms with Crippen molar-refractivity contribution in [1.82, 2.24) is 0 Å². The lowest BCUT2D eigenvalue weighted by Crippen LogP contribution is -2.19. The van der Waals surface area contributed by atoms with E-state index in [0.29, 0.717) is 0 Å². The highest BCUT2D eigenvalue weighted by Crippen LogP contribution is 2.16. The smallest absolute Gasteiger partial charge is 0.0471 e. The Balaban J connectivity index is 2.57. The molecule has 0 spiro atoms. The van der Waals surface area contributed by atoms with Crippen LogP contribution in [0.4, 0.5) is 5.69 Å². The molecule has 84 valence electrons. The topological polar surface area (TPSA) is 32.3 Å². The fourth-order valence-electron chi connectivity index (χ4n) is 1.33. The zero-order valence-corrected chi connectivity index (χ0v) is 9.88. The molecule has 0 fully saturated rings. The second kappa shape index (κ2) is 5.17. The third-order valence-electron chi connectivity index (χ3n) is 2.15. The van der Waals surface area contributed by atoms with Crippen molar-refractivity contribution in [3.8, 4) is 0 Å². The van der Waals surface area contributed by atoms with E-state index in [4.69, 9.17) is 5.11 Å². The predicted molar refractivity (Wildman–Crippen MR) is 65.2 cm³/mol. The molecule has 0 atom stereocenters. The molecule has 0 bridgehead atoms. The molecule has 1 aromatic rings. The average Bonchev–Trinajstić information content (AvgIpc) is 2.15. The minimum atomic E-state index is 0.211. The molecule has 2 N–H and O–H groups in total. The largest absolute Gasteiger partial charge is 0.396 e. The van der Waals surface area contributed by atoms with Crippen LogP contribution in [0.1, 0.15) is 26.3 Å². The predicted octanol–water partition coefficient (Wildman–Crippen LogP) is 2.68. The Bertz CT molecular complexity index is 302. The van der Waals surface area contributed by atoms with Crippen molar-refractivity contribution in [1.29, 1.82) is 0 Å². The second-order valence-corrected chi connectivity index (χ2v) is 5.09. The molecule has 0 unspecified atom stereocenters. The van der Waals surface area contributed by atoms with Crippen LogP contribution in [0.3, 0.4) is 0 Å². The van der Waals surface area contributed by atoms with Crippen molar-refractivity contribution in [3.63, 3.8) is 0 Å². The summed E-state index contributed by atoms with van der Waals surface area (Å²) in [7, 11) is 0. The van der Waals surface area contributed by atoms with Crippen LogP contribution >= 0.6 is 0 Å². The zero-order chi connectivity index (χ0) is 11.3. The maximum absolute atomic E-state index is 8.85. The number of nitrogens with one attached hydrogen (secondary N) is 1. The van der Waals surface area contributed by atoms with Crippen LogP contribution in [-0.4, -0.2) is 18.3 Å². The first-order valence-corrected chi connectivity index (χ1v) is 5.45. The van der Waals surface area contributed by atoms with Crippen LogP contribution in [0.2, 0.25) is 0 Å². The SMILES string of the molecule is CC(C)(C)CNc1cccc(CCO)c1. The van der Waals surface area contributed by atoms with E-state index in [1.807, 2.05) is 12.1 Å². The van der Waals surface area contributed by atoms with Gasteiger partial charge in [-0.2, -0.15) is 0 Å². The van der Waals surface area contributed by atoms with Crippen LogP contribution in [-0.2, 0) is 6.42 Å². The van der Waals surface area contributed by atoms with Gasteiger partial charge in [-0.1, -0.05) is 32.9 Å². The van der Waals surface area contributed by atoms with E-state index < -0.39 is 0 Å². The summed E-state index contributed by atoms with van der Waals surface area (Å²) in [5.41, 5.74) is 2.60. The van der Waals surface area contributed by atoms with Gasteiger partial charge in [-0.3, -0.25) is 0 Å². The molecule has 2 nitrogen and oxygen atoms in total. The maximum Gasteiger partial charge on any atom is 0.0471 e. The lowest BCUT2D eigenvalue weighted by atomic mass is 9.97. The molecule has 0 radical (unpaired) electrons. The lowest BCUT2D eigenvalue weighted by Gasteiger charge is -2.19. The molecule has 0 amide bonds. The van der Waals surface area contributed by atoms with E-state index in [2.05, 4.69) is 38.2 Å². The summed E-state index contributed by atoms with van der Waals surface area (Å²) in [5, 5.41) is 12.3. The van der Waals surface area contributed by atoms with Crippen molar-refractivity contribution in [2.75, 3.05) is 18.5 Å². The highest BCUT2D eigenvalue weighted by Gasteiger charge is 2.09. The van der Waals surface area contributed by atoms with Gasteiger partial charge >= 0.3 is 0 Å². The molecule has 0 saturated carbocycles. The van der Waals surface area contributed by atoms with Crippen LogP contribution in [0.25, 0.3) is 0 Å². The number of hydrogen-bond acceptors (Lipinski definition) is 2. The molecule has 0 aliphatic heterocycles. The Labute approximate surface area is 92.3 Å². The molecule has 0 aliphatic rings. The first kappa shape index (κ1) is 12.1. The van der Waals surface area contributed by atoms with E-state index in [9.17, 15) is 0 Å². The maximum atomic E-state index is 8.85. The average molecular weight is 207 g/mol. The van der Waals surface area contributed by atoms with E-state index >= 15 is 0 Å². The Morgan fingerprint density at radius 1 is 1.27 bits per heavy atom. The second-order valence-electron chi connectivity index (χ2n) is 5.09. The van der Waals surface area contributed by atoms with Crippen molar-refractivity contribution >= 4 is 5.69 Å². The molecule has 15 heavy (non-hydrogen) atoms. The van der Waals surface area contributed by atoms with E-state index in [-0.39, 0.29) is 12.0 Å². The number of benzene rings is 1. The molecular formula is C13H21NO. The monoisotopic (exact) mass is 207 g/mol. The lowest BCUT2D eigenvalue weighted by molar-refractivity contribution is 0.299. The van der Waals surface area contributed by atoms with Gasteiger partial charge in [0.2, 0.25) is 0 Å². The molecular weight excluding hydrogens is 186 g/mol. The van der Waals surface area contributed by atoms with Gasteiger partial charge in [0.05, 0.1) is 0 Å². The van der Waals surface area contributed by atoms with Gasteiger partial charge in [-0.25, -0.2) is 0 Å². The van der Waals surface area contributed by atoms with Crippen LogP contribution in [0.15, 0.2) is 24.3 Å². The van der Waals surface area contributed by atoms with Gasteiger partial charge in [0.25, 0.3) is 0 Å². The summed E-state index contributed by atoms with van der Waals surface area (Å²) in [6.45, 7) is 7.78. The molecule has 1 rings (SSSR count). The third kappa shape index (κ3) is 4.84. The Hall–Kier alpha value is -1.02. The van der Waals surface area contributed by atoms with Crippen LogP contribution in [0, 0.1) is 5.41 Å². The van der Waals surface area contributed by atoms with Gasteiger partial charge < -0.3 is 10.4 Å². The van der Waals surface area contributed by atoms with E-state index in [1.54, 1.807) is 0 Å². The van der Waals surface area contributed by atoms with Gasteiger partial charge in [0, 0.05) is 18.8 Å². The highest BCUT2D eigenvalue weighted by atomic mass is 16.2. The number of rotatable bonds is 4. The number of anilines is 1. The Morgan fingerprint density at radius 3 is 2.60 bits per heavy atom. The third-order valence-corrected chi connectivity index (χ3v) is 2.15. The van der Waals surface area contributed by atoms with E-state index in [0.717, 1.165) is 18.7 Å². The first-order chi connectivity index (χ1) is 7.01. The minimum Gasteiger partial charge on any atom is -0.396 e. The van der Waals surface area contributed by atoms with Crippen LogP contribution < -0.4 is 5.32 Å². The van der Waals surface area contributed by atoms with Gasteiger partial charge in [-0.05, 0) is 29.5 Å². The molecule has 1 aromatic carbocycles. The fraction of sp³-hybridized carbons (Fsp3) is 0.538. The molecule has 0 heterocycles. The van der Waals surface area contributed by atoms with E-state index in [1.165, 1.54) is 5.56 Å². The standard InChI is InChI=1S/C13H21NO/c1-13(2,3)10-14-12-6-4-5-11(9-12)7-8-15/h4-6,9,14-15H,7-8,10H2,1-3H3. The fourth-order valence-corrected chi connectivity index (χ4v) is 1.33. The molecule has 0 aliphatic carbocycles. The van der Waals surface area contributed by atoms with Crippen molar-refractivity contribution in [2.45, 2.75) is 27.2 Å². The molecule has 0 aromatic heterocycles. The van der Waals surface area contributed by atoms with Crippen LogP contribution in [0.5, 0.6) is 0 Å². The first-order valence-electron chi connectivity index (χ1n) is 5.45. The van der Waals surface area contributed by atoms with Crippen molar-refractivity contribution in [3.05, 3.63) is 29.8 Å². The molecule has 0 saturated heterocycles. The van der Waals surface area contributed by atoms with Gasteiger partial charge in [0.1, 0.15) is 0 Å². The number of aliphatic hydroxyl groups excluding tert-OH is 1. The summed E-state index contributed by atoms with van der Waals surface area (Å²) >= 11 is 0. The summed E-state index contributed by atoms with van der Waals surface area (Å²) in [6, 6.07) is 8.23. The quantitative estimate of drug-likeness (QED) is 0.795. The van der Waals surface area contributed by atoms with Crippen molar-refractivity contribution < 1.29 is 5.11 Å². The zero-order valence-electron chi connectivity index (χ0n) is 9.88. The highest BCUT2D eigenvalue weighted by molar-refractivity contribution is 5.45. The summed E-state index contributed by atoms with van der Waals surface area (Å²) in [6.07, 6.45) is 0.727. The summed E-state index contributed by atoms with van der Waals surface area (Å²) in [4.78, 5) is 0. The van der Waals surface area contributed by atoms with Gasteiger partial charge in [0.15, 0.2) is 0 Å². The summed E-state index contributed by atoms with van der Waals surface area (Å²) < 4.78 is 0. The minimum absolute atomic E-state index is 0.211. The Kier molecular flexibility index (Phi) is 4.15. The molecule has 2 heteroatoms. The summed E-state index contributed by atoms with van der Waals surface area (Å²) in [5.74, 6) is 0. The Morgan fingerprint density at radius 2 is 2.00 bits per heavy atom. The number of aliphatic hydroxyl groups is 1. The van der Waals surface area contributed by atoms with Crippen molar-refractivity contribution in [2.24, 2.45) is 5.41 Å². The normalized spacial score (nSPS) is 11.5. The van der Waals surface area contributed by atoms with Gasteiger partial charge in [-0.15, -0.1) is 0 Å². The number of hydrogen-bond donors (Lipinski definition) is 2.